The third-order valence-electron chi connectivity index (χ3n) is 5.19. The number of rotatable bonds is 4. The molecule has 0 radical (unpaired) electrons. The second kappa shape index (κ2) is 8.56. The van der Waals surface area contributed by atoms with Crippen LogP contribution in [0.5, 0.6) is 0 Å². The molecule has 0 aliphatic rings. The van der Waals surface area contributed by atoms with Gasteiger partial charge in [0.1, 0.15) is 11.6 Å². The van der Waals surface area contributed by atoms with Crippen LogP contribution in [0.4, 0.5) is 13.2 Å². The first-order valence-electron chi connectivity index (χ1n) is 9.83. The molecule has 0 saturated carbocycles. The maximum Gasteiger partial charge on any atom is 0.417 e. The largest absolute Gasteiger partial charge is 0.417 e. The Kier molecular flexibility index (Phi) is 5.65. The average molecular weight is 430 g/mol. The molecule has 0 unspecified atom stereocenters. The van der Waals surface area contributed by atoms with Crippen molar-refractivity contribution in [3.8, 4) is 28.5 Å². The highest BCUT2D eigenvalue weighted by Gasteiger charge is 2.36. The number of benzene rings is 3. The van der Waals surface area contributed by atoms with Crippen LogP contribution in [0.25, 0.3) is 22.4 Å². The number of hydrogen-bond donors (Lipinski definition) is 0. The van der Waals surface area contributed by atoms with E-state index in [1.807, 2.05) is 54.6 Å². The molecule has 0 bridgehead atoms. The Bertz CT molecular complexity index is 1330. The fraction of sp³-hybridized carbons (Fsp3) is 0.0769. The monoisotopic (exact) mass is 430 g/mol. The zero-order valence-electron chi connectivity index (χ0n) is 16.8. The Morgan fingerprint density at radius 1 is 0.781 bits per heavy atom. The lowest BCUT2D eigenvalue weighted by atomic mass is 10.0. The van der Waals surface area contributed by atoms with Crippen molar-refractivity contribution in [2.75, 3.05) is 0 Å². The number of nitrogens with zero attached hydrogens (tertiary/aromatic N) is 2. The van der Waals surface area contributed by atoms with E-state index < -0.39 is 22.9 Å². The Morgan fingerprint density at radius 3 is 1.84 bits per heavy atom. The molecule has 1 heterocycles. The predicted octanol–water partition coefficient (Wildman–Crippen LogP) is 6.12. The molecule has 158 valence electrons. The van der Waals surface area contributed by atoms with E-state index in [1.54, 1.807) is 30.3 Å². The van der Waals surface area contributed by atoms with E-state index in [1.165, 1.54) is 10.6 Å². The van der Waals surface area contributed by atoms with Crippen LogP contribution in [0, 0.1) is 11.3 Å². The summed E-state index contributed by atoms with van der Waals surface area (Å²) < 4.78 is 42.0. The Labute approximate surface area is 182 Å². The molecule has 4 rings (SSSR count). The summed E-state index contributed by atoms with van der Waals surface area (Å²) in [5.74, 6) is 0. The molecule has 0 N–H and O–H groups in total. The van der Waals surface area contributed by atoms with Crippen molar-refractivity contribution in [2.24, 2.45) is 0 Å². The van der Waals surface area contributed by atoms with Crippen LogP contribution >= 0.6 is 0 Å². The molecule has 0 amide bonds. The van der Waals surface area contributed by atoms with Crippen LogP contribution in [-0.2, 0) is 12.7 Å². The first kappa shape index (κ1) is 21.1. The highest BCUT2D eigenvalue weighted by Crippen LogP contribution is 2.33. The molecule has 3 nitrogen and oxygen atoms in total. The third-order valence-corrected chi connectivity index (χ3v) is 5.19. The maximum absolute atomic E-state index is 13.6. The van der Waals surface area contributed by atoms with Gasteiger partial charge in [-0.15, -0.1) is 0 Å². The van der Waals surface area contributed by atoms with Gasteiger partial charge < -0.3 is 4.57 Å². The van der Waals surface area contributed by atoms with E-state index in [-0.39, 0.29) is 12.2 Å². The summed E-state index contributed by atoms with van der Waals surface area (Å²) >= 11 is 0. The van der Waals surface area contributed by atoms with Gasteiger partial charge >= 0.3 is 6.18 Å². The highest BCUT2D eigenvalue weighted by molar-refractivity contribution is 5.64. The van der Waals surface area contributed by atoms with Crippen molar-refractivity contribution in [3.63, 3.8) is 0 Å². The summed E-state index contributed by atoms with van der Waals surface area (Å²) in [7, 11) is 0. The molecule has 3 aromatic carbocycles. The van der Waals surface area contributed by atoms with Gasteiger partial charge in [-0.2, -0.15) is 18.4 Å². The number of hydrogen-bond acceptors (Lipinski definition) is 2. The lowest BCUT2D eigenvalue weighted by Gasteiger charge is -2.18. The van der Waals surface area contributed by atoms with Gasteiger partial charge in [-0.05, 0) is 28.3 Å². The van der Waals surface area contributed by atoms with Crippen LogP contribution in [0.1, 0.15) is 16.7 Å². The lowest BCUT2D eigenvalue weighted by Crippen LogP contribution is -2.28. The molecule has 4 aromatic rings. The van der Waals surface area contributed by atoms with Crippen molar-refractivity contribution in [1.29, 1.82) is 5.26 Å². The van der Waals surface area contributed by atoms with Gasteiger partial charge in [0.25, 0.3) is 5.56 Å². The normalized spacial score (nSPS) is 11.2. The van der Waals surface area contributed by atoms with E-state index in [4.69, 9.17) is 0 Å². The molecular weight excluding hydrogens is 413 g/mol. The van der Waals surface area contributed by atoms with Gasteiger partial charge in [0.2, 0.25) is 0 Å². The SMILES string of the molecule is N#Cc1c(C(F)(F)F)cc(-c2ccccc2)n(Cc2ccc(-c3ccccc3)cc2)c1=O. The van der Waals surface area contributed by atoms with Crippen molar-refractivity contribution >= 4 is 0 Å². The number of aromatic nitrogens is 1. The van der Waals surface area contributed by atoms with E-state index >= 15 is 0 Å². The van der Waals surface area contributed by atoms with Gasteiger partial charge in [0, 0.05) is 0 Å². The molecule has 0 spiro atoms. The number of halogens is 3. The maximum atomic E-state index is 13.6. The molecule has 32 heavy (non-hydrogen) atoms. The average Bonchev–Trinajstić information content (AvgIpc) is 2.81. The number of nitriles is 1. The Morgan fingerprint density at radius 2 is 1.31 bits per heavy atom. The van der Waals surface area contributed by atoms with E-state index in [0.29, 0.717) is 5.56 Å². The van der Waals surface area contributed by atoms with E-state index in [0.717, 1.165) is 22.8 Å². The minimum Gasteiger partial charge on any atom is -0.303 e. The van der Waals surface area contributed by atoms with Gasteiger partial charge in [-0.3, -0.25) is 4.79 Å². The van der Waals surface area contributed by atoms with Crippen molar-refractivity contribution in [2.45, 2.75) is 12.7 Å². The van der Waals surface area contributed by atoms with Crippen LogP contribution in [-0.4, -0.2) is 4.57 Å². The summed E-state index contributed by atoms with van der Waals surface area (Å²) in [6, 6.07) is 27.9. The van der Waals surface area contributed by atoms with Crippen LogP contribution < -0.4 is 5.56 Å². The molecular formula is C26H17F3N2O. The minimum atomic E-state index is -4.82. The molecule has 6 heteroatoms. The number of alkyl halides is 3. The summed E-state index contributed by atoms with van der Waals surface area (Å²) in [6.45, 7) is 0.0327. The van der Waals surface area contributed by atoms with Gasteiger partial charge in [-0.1, -0.05) is 84.9 Å². The summed E-state index contributed by atoms with van der Waals surface area (Å²) in [5, 5.41) is 9.31. The zero-order valence-corrected chi connectivity index (χ0v) is 16.8. The third kappa shape index (κ3) is 4.19. The lowest BCUT2D eigenvalue weighted by molar-refractivity contribution is -0.137. The summed E-state index contributed by atoms with van der Waals surface area (Å²) in [4.78, 5) is 13.0. The van der Waals surface area contributed by atoms with Crippen LogP contribution in [0.3, 0.4) is 0 Å². The van der Waals surface area contributed by atoms with Crippen molar-refractivity contribution < 1.29 is 13.2 Å². The van der Waals surface area contributed by atoms with Gasteiger partial charge in [-0.25, -0.2) is 0 Å². The molecule has 0 atom stereocenters. The van der Waals surface area contributed by atoms with Crippen molar-refractivity contribution in [3.05, 3.63) is 118 Å². The summed E-state index contributed by atoms with van der Waals surface area (Å²) in [6.07, 6.45) is -4.82. The predicted molar refractivity (Wildman–Crippen MR) is 117 cm³/mol. The fourth-order valence-corrected chi connectivity index (χ4v) is 3.60. The quantitative estimate of drug-likeness (QED) is 0.392. The Hall–Kier alpha value is -4.11. The molecule has 0 aliphatic carbocycles. The smallest absolute Gasteiger partial charge is 0.303 e. The molecule has 0 fully saturated rings. The second-order valence-electron chi connectivity index (χ2n) is 7.25. The number of pyridine rings is 1. The van der Waals surface area contributed by atoms with Gasteiger partial charge in [0.15, 0.2) is 0 Å². The highest BCUT2D eigenvalue weighted by atomic mass is 19.4. The van der Waals surface area contributed by atoms with Crippen LogP contribution in [0.2, 0.25) is 0 Å². The first-order valence-corrected chi connectivity index (χ1v) is 9.83. The zero-order chi connectivity index (χ0) is 22.7. The molecule has 0 aliphatic heterocycles. The van der Waals surface area contributed by atoms with E-state index in [9.17, 15) is 23.2 Å². The molecule has 0 saturated heterocycles. The second-order valence-corrected chi connectivity index (χ2v) is 7.25. The van der Waals surface area contributed by atoms with Gasteiger partial charge in [0.05, 0.1) is 17.8 Å². The topological polar surface area (TPSA) is 45.8 Å². The molecule has 1 aromatic heterocycles. The van der Waals surface area contributed by atoms with E-state index in [2.05, 4.69) is 0 Å². The summed E-state index contributed by atoms with van der Waals surface area (Å²) in [5.41, 5.74) is 0.214. The Balaban J connectivity index is 1.83. The van der Waals surface area contributed by atoms with Crippen LogP contribution in [0.15, 0.2) is 95.8 Å². The van der Waals surface area contributed by atoms with Crippen molar-refractivity contribution in [1.82, 2.24) is 4.57 Å². The standard InChI is InChI=1S/C26H17F3N2O/c27-26(28,29)23-15-24(21-9-5-2-6-10-21)31(25(32)22(23)16-30)17-18-11-13-20(14-12-18)19-7-3-1-4-8-19/h1-15H,17H2. The minimum absolute atomic E-state index is 0.0327. The first-order chi connectivity index (χ1) is 15.4. The fourth-order valence-electron chi connectivity index (χ4n) is 3.60.